The highest BCUT2D eigenvalue weighted by molar-refractivity contribution is 5.88. The van der Waals surface area contributed by atoms with Crippen LogP contribution < -0.4 is 0 Å². The van der Waals surface area contributed by atoms with Crippen LogP contribution in [-0.4, -0.2) is 17.4 Å². The van der Waals surface area contributed by atoms with Gasteiger partial charge in [-0.05, 0) is 25.7 Å². The number of amides is 1. The van der Waals surface area contributed by atoms with Crippen molar-refractivity contribution >= 4 is 5.91 Å². The number of rotatable bonds is 6. The van der Waals surface area contributed by atoms with Gasteiger partial charge in [-0.1, -0.05) is 44.1 Å². The summed E-state index contributed by atoms with van der Waals surface area (Å²) in [5.41, 5.74) is 0. The van der Waals surface area contributed by atoms with Crippen molar-refractivity contribution in [1.29, 1.82) is 0 Å². The van der Waals surface area contributed by atoms with Crippen molar-refractivity contribution < 1.29 is 4.79 Å². The number of unbranched alkanes of at least 4 members (excludes halogenated alkanes) is 3. The van der Waals surface area contributed by atoms with Gasteiger partial charge in [0.2, 0.25) is 5.91 Å². The van der Waals surface area contributed by atoms with E-state index in [1.165, 1.54) is 19.3 Å². The molecule has 1 heterocycles. The number of hydrogen-bond acceptors (Lipinski definition) is 1. The molecule has 0 atom stereocenters. The number of hydrogen-bond donors (Lipinski definition) is 0. The van der Waals surface area contributed by atoms with Gasteiger partial charge in [-0.15, -0.1) is 0 Å². The number of carbonyl (C=O) groups is 1. The smallest absolute Gasteiger partial charge is 0.250 e. The molecule has 2 heteroatoms. The summed E-state index contributed by atoms with van der Waals surface area (Å²) in [4.78, 5) is 13.5. The third-order valence-corrected chi connectivity index (χ3v) is 2.80. The minimum atomic E-state index is 0.0826. The summed E-state index contributed by atoms with van der Waals surface area (Å²) in [6.45, 7) is 3.05. The summed E-state index contributed by atoms with van der Waals surface area (Å²) in [5, 5.41) is 0. The first-order chi connectivity index (χ1) is 8.34. The van der Waals surface area contributed by atoms with Crippen LogP contribution in [0.3, 0.4) is 0 Å². The van der Waals surface area contributed by atoms with Crippen molar-refractivity contribution in [2.45, 2.75) is 45.4 Å². The monoisotopic (exact) mass is 233 g/mol. The lowest BCUT2D eigenvalue weighted by molar-refractivity contribution is -0.123. The van der Waals surface area contributed by atoms with E-state index in [9.17, 15) is 4.79 Å². The van der Waals surface area contributed by atoms with Gasteiger partial charge in [-0.25, -0.2) is 0 Å². The minimum absolute atomic E-state index is 0.0826. The van der Waals surface area contributed by atoms with E-state index in [1.807, 2.05) is 18.4 Å². The molecule has 0 spiro atoms. The van der Waals surface area contributed by atoms with E-state index in [0.29, 0.717) is 0 Å². The van der Waals surface area contributed by atoms with Crippen molar-refractivity contribution in [3.8, 4) is 0 Å². The molecular weight excluding hydrogens is 210 g/mol. The van der Waals surface area contributed by atoms with E-state index in [1.54, 1.807) is 11.0 Å². The Bertz CT molecular complexity index is 302. The molecule has 0 bridgehead atoms. The molecule has 1 amide bonds. The Morgan fingerprint density at radius 2 is 2.24 bits per heavy atom. The highest BCUT2D eigenvalue weighted by atomic mass is 16.2. The summed E-state index contributed by atoms with van der Waals surface area (Å²) in [7, 11) is 0. The Morgan fingerprint density at radius 3 is 2.94 bits per heavy atom. The first-order valence-electron chi connectivity index (χ1n) is 6.65. The molecule has 1 rings (SSSR count). The molecule has 0 aromatic rings. The van der Waals surface area contributed by atoms with Crippen LogP contribution in [0, 0.1) is 0 Å². The summed E-state index contributed by atoms with van der Waals surface area (Å²) in [6, 6.07) is 0. The standard InChI is InChI=1S/C15H23NO/c1-2-3-4-5-6-7-9-12-15(17)16-13-10-8-11-14-16/h6-7,9-10,12-13H,2-5,8,11,14H2,1H3/b7-6+,12-9+. The Morgan fingerprint density at radius 1 is 1.35 bits per heavy atom. The van der Waals surface area contributed by atoms with Crippen molar-refractivity contribution in [3.63, 3.8) is 0 Å². The van der Waals surface area contributed by atoms with Crippen LogP contribution >= 0.6 is 0 Å². The summed E-state index contributed by atoms with van der Waals surface area (Å²) < 4.78 is 0. The van der Waals surface area contributed by atoms with Crippen LogP contribution in [0.25, 0.3) is 0 Å². The molecule has 0 N–H and O–H groups in total. The van der Waals surface area contributed by atoms with Crippen LogP contribution in [0.1, 0.15) is 45.4 Å². The predicted molar refractivity (Wildman–Crippen MR) is 72.5 cm³/mol. The van der Waals surface area contributed by atoms with E-state index in [0.717, 1.165) is 25.8 Å². The molecule has 1 aliphatic rings. The van der Waals surface area contributed by atoms with Gasteiger partial charge in [0.05, 0.1) is 0 Å². The fourth-order valence-corrected chi connectivity index (χ4v) is 1.76. The summed E-state index contributed by atoms with van der Waals surface area (Å²) in [5.74, 6) is 0.0826. The molecule has 0 aromatic carbocycles. The maximum absolute atomic E-state index is 11.7. The maximum atomic E-state index is 11.7. The molecule has 0 aliphatic carbocycles. The lowest BCUT2D eigenvalue weighted by atomic mass is 10.2. The number of carbonyl (C=O) groups excluding carboxylic acids is 1. The molecule has 0 saturated carbocycles. The SMILES string of the molecule is CCCCC/C=C/C=C/C(=O)N1C=CCCC1. The predicted octanol–water partition coefficient (Wildman–Crippen LogP) is 3.82. The molecule has 0 unspecified atom stereocenters. The highest BCUT2D eigenvalue weighted by Gasteiger charge is 2.08. The van der Waals surface area contributed by atoms with E-state index >= 15 is 0 Å². The third kappa shape index (κ3) is 6.10. The zero-order valence-electron chi connectivity index (χ0n) is 10.8. The first-order valence-corrected chi connectivity index (χ1v) is 6.65. The van der Waals surface area contributed by atoms with E-state index < -0.39 is 0 Å². The second kappa shape index (κ2) is 8.80. The molecule has 2 nitrogen and oxygen atoms in total. The quantitative estimate of drug-likeness (QED) is 0.388. The van der Waals surface area contributed by atoms with Crippen LogP contribution in [0.2, 0.25) is 0 Å². The summed E-state index contributed by atoms with van der Waals surface area (Å²) in [6.07, 6.45) is 18.6. The molecular formula is C15H23NO. The van der Waals surface area contributed by atoms with Crippen LogP contribution in [-0.2, 0) is 4.79 Å². The van der Waals surface area contributed by atoms with Gasteiger partial charge in [0.25, 0.3) is 0 Å². The minimum Gasteiger partial charge on any atom is -0.316 e. The topological polar surface area (TPSA) is 20.3 Å². The Balaban J connectivity index is 2.21. The van der Waals surface area contributed by atoms with Crippen molar-refractivity contribution in [3.05, 3.63) is 36.6 Å². The molecule has 17 heavy (non-hydrogen) atoms. The van der Waals surface area contributed by atoms with Gasteiger partial charge in [-0.2, -0.15) is 0 Å². The van der Waals surface area contributed by atoms with E-state index in [2.05, 4.69) is 19.1 Å². The van der Waals surface area contributed by atoms with Crippen LogP contribution in [0.5, 0.6) is 0 Å². The molecule has 0 radical (unpaired) electrons. The van der Waals surface area contributed by atoms with Gasteiger partial charge < -0.3 is 4.90 Å². The molecule has 0 saturated heterocycles. The third-order valence-electron chi connectivity index (χ3n) is 2.80. The molecule has 0 fully saturated rings. The van der Waals surface area contributed by atoms with Gasteiger partial charge in [0, 0.05) is 18.8 Å². The normalized spacial score (nSPS) is 16.2. The van der Waals surface area contributed by atoms with Gasteiger partial charge >= 0.3 is 0 Å². The molecule has 1 aliphatic heterocycles. The Hall–Kier alpha value is -1.31. The van der Waals surface area contributed by atoms with Crippen molar-refractivity contribution in [1.82, 2.24) is 4.90 Å². The fourth-order valence-electron chi connectivity index (χ4n) is 1.76. The molecule has 94 valence electrons. The van der Waals surface area contributed by atoms with Crippen LogP contribution in [0.15, 0.2) is 36.6 Å². The first kappa shape index (κ1) is 13.8. The van der Waals surface area contributed by atoms with Gasteiger partial charge in [-0.3, -0.25) is 4.79 Å². The Labute approximate surface area is 105 Å². The number of nitrogens with zero attached hydrogens (tertiary/aromatic N) is 1. The zero-order valence-corrected chi connectivity index (χ0v) is 10.8. The average Bonchev–Trinajstić information content (AvgIpc) is 2.38. The zero-order chi connectivity index (χ0) is 12.3. The van der Waals surface area contributed by atoms with Crippen molar-refractivity contribution in [2.24, 2.45) is 0 Å². The van der Waals surface area contributed by atoms with Gasteiger partial charge in [0.15, 0.2) is 0 Å². The van der Waals surface area contributed by atoms with Crippen molar-refractivity contribution in [2.75, 3.05) is 6.54 Å². The van der Waals surface area contributed by atoms with E-state index in [4.69, 9.17) is 0 Å². The molecule has 0 aromatic heterocycles. The summed E-state index contributed by atoms with van der Waals surface area (Å²) >= 11 is 0. The highest BCUT2D eigenvalue weighted by Crippen LogP contribution is 2.06. The van der Waals surface area contributed by atoms with E-state index in [-0.39, 0.29) is 5.91 Å². The second-order valence-electron chi connectivity index (χ2n) is 4.34. The van der Waals surface area contributed by atoms with Gasteiger partial charge in [0.1, 0.15) is 0 Å². The Kier molecular flexibility index (Phi) is 7.12. The van der Waals surface area contributed by atoms with Crippen LogP contribution in [0.4, 0.5) is 0 Å². The fraction of sp³-hybridized carbons (Fsp3) is 0.533. The maximum Gasteiger partial charge on any atom is 0.250 e. The largest absolute Gasteiger partial charge is 0.316 e. The lowest BCUT2D eigenvalue weighted by Crippen LogP contribution is -2.26. The second-order valence-corrected chi connectivity index (χ2v) is 4.34. The lowest BCUT2D eigenvalue weighted by Gasteiger charge is -2.19. The average molecular weight is 233 g/mol. The number of allylic oxidation sites excluding steroid dienone is 4.